The van der Waals surface area contributed by atoms with Crippen LogP contribution in [-0.4, -0.2) is 35.9 Å². The Bertz CT molecular complexity index is 1260. The molecule has 0 unspecified atom stereocenters. The molecule has 0 aliphatic carbocycles. The van der Waals surface area contributed by atoms with E-state index in [0.717, 1.165) is 43.0 Å². The summed E-state index contributed by atoms with van der Waals surface area (Å²) in [5.74, 6) is 0. The molecule has 0 amide bonds. The molecule has 0 atom stereocenters. The predicted molar refractivity (Wildman–Crippen MR) is 119 cm³/mol. The van der Waals surface area contributed by atoms with E-state index in [1.807, 2.05) is 24.5 Å². The first-order valence-corrected chi connectivity index (χ1v) is 10.2. The number of nitrogens with zero attached hydrogens (tertiary/aromatic N) is 4. The van der Waals surface area contributed by atoms with E-state index in [4.69, 9.17) is 10.00 Å². The maximum atomic E-state index is 9.16. The first-order valence-electron chi connectivity index (χ1n) is 10.2. The fourth-order valence-electron chi connectivity index (χ4n) is 4.23. The van der Waals surface area contributed by atoms with Crippen molar-refractivity contribution in [2.45, 2.75) is 6.92 Å². The van der Waals surface area contributed by atoms with E-state index in [9.17, 15) is 0 Å². The van der Waals surface area contributed by atoms with Gasteiger partial charge >= 0.3 is 0 Å². The molecule has 1 aliphatic heterocycles. The van der Waals surface area contributed by atoms with Crippen LogP contribution in [0.2, 0.25) is 0 Å². The van der Waals surface area contributed by atoms with E-state index in [-0.39, 0.29) is 0 Å². The topological polar surface area (TPSA) is 54.1 Å². The molecule has 0 bridgehead atoms. The molecular weight excluding hydrogens is 372 g/mol. The van der Waals surface area contributed by atoms with Gasteiger partial charge in [-0.3, -0.25) is 4.57 Å². The Morgan fingerprint density at radius 3 is 2.53 bits per heavy atom. The molecule has 148 valence electrons. The molecule has 0 saturated carbocycles. The fraction of sp³-hybridized carbons (Fsp3) is 0.200. The van der Waals surface area contributed by atoms with Crippen LogP contribution in [0.4, 0.5) is 5.69 Å². The van der Waals surface area contributed by atoms with Crippen molar-refractivity contribution in [2.75, 3.05) is 31.2 Å². The highest BCUT2D eigenvalue weighted by Crippen LogP contribution is 2.36. The number of anilines is 1. The molecule has 1 saturated heterocycles. The van der Waals surface area contributed by atoms with Gasteiger partial charge in [-0.25, -0.2) is 4.98 Å². The van der Waals surface area contributed by atoms with Crippen molar-refractivity contribution in [3.8, 4) is 22.9 Å². The van der Waals surface area contributed by atoms with Crippen LogP contribution in [0.3, 0.4) is 0 Å². The van der Waals surface area contributed by atoms with Crippen LogP contribution in [0.25, 0.3) is 27.8 Å². The number of morpholine rings is 1. The Morgan fingerprint density at radius 1 is 0.933 bits per heavy atom. The number of hydrogen-bond acceptors (Lipinski definition) is 4. The Balaban J connectivity index is 1.63. The molecule has 5 rings (SSSR count). The number of para-hydroxylation sites is 1. The lowest BCUT2D eigenvalue weighted by Gasteiger charge is -2.31. The summed E-state index contributed by atoms with van der Waals surface area (Å²) in [6, 6.07) is 22.8. The van der Waals surface area contributed by atoms with Gasteiger partial charge in [-0.05, 0) is 48.4 Å². The van der Waals surface area contributed by atoms with E-state index in [1.54, 1.807) is 0 Å². The zero-order valence-electron chi connectivity index (χ0n) is 16.9. The van der Waals surface area contributed by atoms with Crippen molar-refractivity contribution in [2.24, 2.45) is 0 Å². The minimum atomic E-state index is 0.623. The third-order valence-corrected chi connectivity index (χ3v) is 5.79. The summed E-state index contributed by atoms with van der Waals surface area (Å²) in [6.45, 7) is 5.50. The SMILES string of the molecule is Cc1c(-c2ccccc2N2CCOCC2)cccc1-n1cnc2cc(C#N)ccc21. The van der Waals surface area contributed by atoms with Crippen LogP contribution in [0.1, 0.15) is 11.1 Å². The van der Waals surface area contributed by atoms with Crippen LogP contribution in [0.15, 0.2) is 67.0 Å². The predicted octanol–water partition coefficient (Wildman–Crippen LogP) is 4.71. The van der Waals surface area contributed by atoms with Crippen LogP contribution in [-0.2, 0) is 4.74 Å². The van der Waals surface area contributed by atoms with E-state index >= 15 is 0 Å². The van der Waals surface area contributed by atoms with E-state index in [1.165, 1.54) is 22.4 Å². The van der Waals surface area contributed by atoms with Gasteiger partial charge < -0.3 is 9.64 Å². The molecule has 2 heterocycles. The van der Waals surface area contributed by atoms with Crippen molar-refractivity contribution in [3.05, 3.63) is 78.1 Å². The van der Waals surface area contributed by atoms with E-state index in [2.05, 4.69) is 69.9 Å². The summed E-state index contributed by atoms with van der Waals surface area (Å²) in [5.41, 5.74) is 8.43. The van der Waals surface area contributed by atoms with Gasteiger partial charge in [0.25, 0.3) is 0 Å². The zero-order valence-corrected chi connectivity index (χ0v) is 16.9. The minimum Gasteiger partial charge on any atom is -0.378 e. The monoisotopic (exact) mass is 394 g/mol. The average Bonchev–Trinajstić information content (AvgIpc) is 3.23. The Morgan fingerprint density at radius 2 is 1.70 bits per heavy atom. The largest absolute Gasteiger partial charge is 0.378 e. The summed E-state index contributed by atoms with van der Waals surface area (Å²) in [5, 5.41) is 9.16. The Labute approximate surface area is 175 Å². The first-order chi connectivity index (χ1) is 14.8. The molecule has 1 aliphatic rings. The number of benzene rings is 3. The first kappa shape index (κ1) is 18.4. The third-order valence-electron chi connectivity index (χ3n) is 5.79. The van der Waals surface area contributed by atoms with Gasteiger partial charge in [0.1, 0.15) is 6.33 Å². The van der Waals surface area contributed by atoms with E-state index < -0.39 is 0 Å². The lowest BCUT2D eigenvalue weighted by atomic mass is 9.96. The molecule has 1 aromatic heterocycles. The van der Waals surface area contributed by atoms with Gasteiger partial charge in [0.2, 0.25) is 0 Å². The molecule has 0 N–H and O–H groups in total. The lowest BCUT2D eigenvalue weighted by molar-refractivity contribution is 0.123. The number of ether oxygens (including phenoxy) is 1. The minimum absolute atomic E-state index is 0.623. The molecule has 3 aromatic carbocycles. The molecule has 1 fully saturated rings. The summed E-state index contributed by atoms with van der Waals surface area (Å²) in [4.78, 5) is 6.93. The normalized spacial score (nSPS) is 14.1. The second-order valence-corrected chi connectivity index (χ2v) is 7.50. The molecule has 5 heteroatoms. The summed E-state index contributed by atoms with van der Waals surface area (Å²) < 4.78 is 7.65. The van der Waals surface area contributed by atoms with Crippen molar-refractivity contribution < 1.29 is 4.74 Å². The van der Waals surface area contributed by atoms with Gasteiger partial charge in [-0.15, -0.1) is 0 Å². The number of hydrogen-bond donors (Lipinski definition) is 0. The zero-order chi connectivity index (χ0) is 20.5. The van der Waals surface area contributed by atoms with Crippen molar-refractivity contribution in [1.82, 2.24) is 9.55 Å². The quantitative estimate of drug-likeness (QED) is 0.505. The molecule has 0 spiro atoms. The van der Waals surface area contributed by atoms with Crippen LogP contribution in [0, 0.1) is 18.3 Å². The highest BCUT2D eigenvalue weighted by Gasteiger charge is 2.18. The molecule has 0 radical (unpaired) electrons. The molecular formula is C25H22N4O. The lowest BCUT2D eigenvalue weighted by Crippen LogP contribution is -2.36. The van der Waals surface area contributed by atoms with Gasteiger partial charge in [-0.1, -0.05) is 30.3 Å². The number of fused-ring (bicyclic) bond motifs is 1. The maximum Gasteiger partial charge on any atom is 0.100 e. The van der Waals surface area contributed by atoms with Crippen molar-refractivity contribution in [3.63, 3.8) is 0 Å². The highest BCUT2D eigenvalue weighted by molar-refractivity contribution is 5.84. The third kappa shape index (κ3) is 3.12. The number of aromatic nitrogens is 2. The number of imidazole rings is 1. The van der Waals surface area contributed by atoms with Gasteiger partial charge in [-0.2, -0.15) is 5.26 Å². The van der Waals surface area contributed by atoms with Crippen molar-refractivity contribution >= 4 is 16.7 Å². The standard InChI is InChI=1S/C25H22N4O/c1-18-20(21-5-2-3-7-24(21)28-11-13-30-14-12-28)6-4-8-23(18)29-17-27-22-15-19(16-26)9-10-25(22)29/h2-10,15,17H,11-14H2,1H3. The second-order valence-electron chi connectivity index (χ2n) is 7.50. The fourth-order valence-corrected chi connectivity index (χ4v) is 4.23. The summed E-state index contributed by atoms with van der Waals surface area (Å²) in [6.07, 6.45) is 1.84. The summed E-state index contributed by atoms with van der Waals surface area (Å²) in [7, 11) is 0. The van der Waals surface area contributed by atoms with Gasteiger partial charge in [0.15, 0.2) is 0 Å². The summed E-state index contributed by atoms with van der Waals surface area (Å²) >= 11 is 0. The maximum absolute atomic E-state index is 9.16. The number of nitriles is 1. The Hall–Kier alpha value is -3.62. The second kappa shape index (κ2) is 7.66. The molecule has 5 nitrogen and oxygen atoms in total. The van der Waals surface area contributed by atoms with E-state index in [0.29, 0.717) is 5.56 Å². The average molecular weight is 394 g/mol. The Kier molecular flexibility index (Phi) is 4.70. The molecule has 30 heavy (non-hydrogen) atoms. The smallest absolute Gasteiger partial charge is 0.100 e. The van der Waals surface area contributed by atoms with Gasteiger partial charge in [0.05, 0.1) is 41.6 Å². The number of rotatable bonds is 3. The van der Waals surface area contributed by atoms with Gasteiger partial charge in [0, 0.05) is 24.3 Å². The highest BCUT2D eigenvalue weighted by atomic mass is 16.5. The van der Waals surface area contributed by atoms with Crippen LogP contribution in [0.5, 0.6) is 0 Å². The molecule has 4 aromatic rings. The van der Waals surface area contributed by atoms with Crippen LogP contribution < -0.4 is 4.90 Å². The van der Waals surface area contributed by atoms with Crippen molar-refractivity contribution in [1.29, 1.82) is 5.26 Å². The van der Waals surface area contributed by atoms with Crippen LogP contribution >= 0.6 is 0 Å².